The number of nitrogens with zero attached hydrogens (tertiary/aromatic N) is 1. The zero-order valence-electron chi connectivity index (χ0n) is 24.1. The second-order valence-corrected chi connectivity index (χ2v) is 11.2. The highest BCUT2D eigenvalue weighted by Crippen LogP contribution is 2.36. The van der Waals surface area contributed by atoms with Gasteiger partial charge in [0, 0.05) is 27.7 Å². The first kappa shape index (κ1) is 25.4. The van der Waals surface area contributed by atoms with E-state index in [1.807, 2.05) is 54.6 Å². The zero-order valence-corrected chi connectivity index (χ0v) is 24.1. The van der Waals surface area contributed by atoms with Crippen LogP contribution in [0.5, 0.6) is 11.5 Å². The van der Waals surface area contributed by atoms with E-state index < -0.39 is 0 Å². The second-order valence-electron chi connectivity index (χ2n) is 11.2. The summed E-state index contributed by atoms with van der Waals surface area (Å²) < 4.78 is 18.5. The fraction of sp³-hybridized carbons (Fsp3) is 0. The van der Waals surface area contributed by atoms with E-state index in [1.165, 1.54) is 0 Å². The summed E-state index contributed by atoms with van der Waals surface area (Å²) in [6.07, 6.45) is 3.57. The summed E-state index contributed by atoms with van der Waals surface area (Å²) in [5.74, 6) is 1.56. The number of para-hydroxylation sites is 1. The summed E-state index contributed by atoms with van der Waals surface area (Å²) in [6, 6.07) is 47.9. The van der Waals surface area contributed by atoms with Crippen LogP contribution in [0, 0.1) is 0 Å². The Labute approximate surface area is 258 Å². The van der Waals surface area contributed by atoms with Gasteiger partial charge in [-0.25, -0.2) is 0 Å². The van der Waals surface area contributed by atoms with Crippen molar-refractivity contribution >= 4 is 43.9 Å². The van der Waals surface area contributed by atoms with Crippen molar-refractivity contribution in [1.82, 2.24) is 4.98 Å². The first-order valence-corrected chi connectivity index (χ1v) is 14.9. The summed E-state index contributed by atoms with van der Waals surface area (Å²) in [5.41, 5.74) is 10.1. The van der Waals surface area contributed by atoms with Crippen molar-refractivity contribution in [1.29, 1.82) is 0 Å². The molecule has 3 aromatic heterocycles. The summed E-state index contributed by atoms with van der Waals surface area (Å²) >= 11 is 0. The molecule has 0 N–H and O–H groups in total. The van der Waals surface area contributed by atoms with E-state index >= 15 is 0 Å². The fourth-order valence-electron chi connectivity index (χ4n) is 6.21. The van der Waals surface area contributed by atoms with Crippen LogP contribution in [0.1, 0.15) is 0 Å². The monoisotopic (exact) mass is 579 g/mol. The van der Waals surface area contributed by atoms with Crippen LogP contribution in [0.15, 0.2) is 161 Å². The molecule has 0 aliphatic rings. The molecule has 0 atom stereocenters. The second kappa shape index (κ2) is 10.2. The van der Waals surface area contributed by atoms with E-state index in [1.54, 1.807) is 12.4 Å². The molecule has 0 spiro atoms. The maximum atomic E-state index is 6.39. The highest BCUT2D eigenvalue weighted by Gasteiger charge is 2.11. The maximum Gasteiger partial charge on any atom is 0.153 e. The van der Waals surface area contributed by atoms with Gasteiger partial charge in [0.1, 0.15) is 28.2 Å². The number of ether oxygens (including phenoxy) is 1. The van der Waals surface area contributed by atoms with Crippen molar-refractivity contribution in [2.45, 2.75) is 0 Å². The van der Waals surface area contributed by atoms with Gasteiger partial charge in [-0.15, -0.1) is 0 Å². The number of rotatable bonds is 5. The molecule has 6 aromatic carbocycles. The minimum atomic E-state index is 0.777. The molecule has 0 amide bonds. The molecular formula is C41H25NO3. The molecule has 9 aromatic rings. The van der Waals surface area contributed by atoms with Gasteiger partial charge in [-0.2, -0.15) is 0 Å². The minimum Gasteiger partial charge on any atom is -0.457 e. The Bertz CT molecular complexity index is 2540. The van der Waals surface area contributed by atoms with Gasteiger partial charge in [-0.3, -0.25) is 4.98 Å². The lowest BCUT2D eigenvalue weighted by molar-refractivity contribution is 0.483. The van der Waals surface area contributed by atoms with Crippen molar-refractivity contribution in [3.8, 4) is 44.9 Å². The van der Waals surface area contributed by atoms with Crippen molar-refractivity contribution in [3.63, 3.8) is 0 Å². The highest BCUT2D eigenvalue weighted by atomic mass is 16.5. The molecule has 0 aliphatic carbocycles. The van der Waals surface area contributed by atoms with Gasteiger partial charge in [-0.1, -0.05) is 72.8 Å². The predicted octanol–water partition coefficient (Wildman–Crippen LogP) is 11.7. The predicted molar refractivity (Wildman–Crippen MR) is 182 cm³/mol. The molecule has 0 saturated heterocycles. The topological polar surface area (TPSA) is 48.4 Å². The summed E-state index contributed by atoms with van der Waals surface area (Å²) in [5, 5.41) is 4.41. The number of furan rings is 2. The van der Waals surface area contributed by atoms with Crippen LogP contribution in [0.2, 0.25) is 0 Å². The van der Waals surface area contributed by atoms with Gasteiger partial charge < -0.3 is 13.6 Å². The van der Waals surface area contributed by atoms with Crippen LogP contribution < -0.4 is 4.74 Å². The molecule has 0 radical (unpaired) electrons. The molecule has 9 rings (SSSR count). The Balaban J connectivity index is 1.00. The third kappa shape index (κ3) is 4.52. The molecule has 0 aliphatic heterocycles. The Kier molecular flexibility index (Phi) is 5.78. The van der Waals surface area contributed by atoms with E-state index in [4.69, 9.17) is 13.6 Å². The SMILES string of the molecule is c1cc(Oc2cccc(-c3ccc4c(c3)oc3ccccc34)c2)cc(-c2cccc(-c3ccc4oc5cnccc5c4c3)c2)c1. The Morgan fingerprint density at radius 1 is 0.378 bits per heavy atom. The molecule has 0 fully saturated rings. The standard InChI is InChI=1S/C41H25NO3/c1-2-13-38-34(12-1)35-16-14-31(24-40(35)44-38)29-9-5-11-33(22-29)43-32-10-4-8-28(21-32)26-6-3-7-27(20-26)30-15-17-39-37(23-30)36-18-19-42-25-41(36)45-39/h1-25H. The van der Waals surface area contributed by atoms with Gasteiger partial charge in [0.15, 0.2) is 5.58 Å². The number of hydrogen-bond donors (Lipinski definition) is 0. The molecular weight excluding hydrogens is 554 g/mol. The molecule has 4 nitrogen and oxygen atoms in total. The van der Waals surface area contributed by atoms with E-state index in [0.717, 1.165) is 88.8 Å². The summed E-state index contributed by atoms with van der Waals surface area (Å²) in [7, 11) is 0. The van der Waals surface area contributed by atoms with Crippen molar-refractivity contribution in [2.75, 3.05) is 0 Å². The number of fused-ring (bicyclic) bond motifs is 6. The average Bonchev–Trinajstić information content (AvgIpc) is 3.66. The van der Waals surface area contributed by atoms with Crippen LogP contribution in [0.25, 0.3) is 77.3 Å². The van der Waals surface area contributed by atoms with Crippen molar-refractivity contribution in [3.05, 3.63) is 152 Å². The van der Waals surface area contributed by atoms with Crippen LogP contribution >= 0.6 is 0 Å². The molecule has 0 saturated carbocycles. The number of hydrogen-bond acceptors (Lipinski definition) is 4. The smallest absolute Gasteiger partial charge is 0.153 e. The summed E-state index contributed by atoms with van der Waals surface area (Å²) in [4.78, 5) is 4.19. The van der Waals surface area contributed by atoms with Gasteiger partial charge in [-0.05, 0) is 100 Å². The molecule has 4 heteroatoms. The third-order valence-corrected chi connectivity index (χ3v) is 8.42. The molecule has 3 heterocycles. The number of benzene rings is 6. The lowest BCUT2D eigenvalue weighted by Gasteiger charge is -2.11. The average molecular weight is 580 g/mol. The van der Waals surface area contributed by atoms with E-state index in [-0.39, 0.29) is 0 Å². The van der Waals surface area contributed by atoms with E-state index in [0.29, 0.717) is 0 Å². The lowest BCUT2D eigenvalue weighted by atomic mass is 9.98. The van der Waals surface area contributed by atoms with Crippen LogP contribution in [0.4, 0.5) is 0 Å². The Hall–Kier alpha value is -6.13. The first-order valence-electron chi connectivity index (χ1n) is 14.9. The quantitative estimate of drug-likeness (QED) is 0.203. The van der Waals surface area contributed by atoms with Gasteiger partial charge >= 0.3 is 0 Å². The van der Waals surface area contributed by atoms with Crippen molar-refractivity contribution in [2.24, 2.45) is 0 Å². The minimum absolute atomic E-state index is 0.777. The Morgan fingerprint density at radius 2 is 0.956 bits per heavy atom. The third-order valence-electron chi connectivity index (χ3n) is 8.42. The van der Waals surface area contributed by atoms with E-state index in [9.17, 15) is 0 Å². The van der Waals surface area contributed by atoms with Crippen LogP contribution in [-0.2, 0) is 0 Å². The van der Waals surface area contributed by atoms with E-state index in [2.05, 4.69) is 89.9 Å². The van der Waals surface area contributed by atoms with Crippen LogP contribution in [0.3, 0.4) is 0 Å². The van der Waals surface area contributed by atoms with Crippen LogP contribution in [-0.4, -0.2) is 4.98 Å². The van der Waals surface area contributed by atoms with Crippen molar-refractivity contribution < 1.29 is 13.6 Å². The normalized spacial score (nSPS) is 11.6. The maximum absolute atomic E-state index is 6.39. The zero-order chi connectivity index (χ0) is 29.7. The molecule has 0 unspecified atom stereocenters. The molecule has 45 heavy (non-hydrogen) atoms. The van der Waals surface area contributed by atoms with Gasteiger partial charge in [0.25, 0.3) is 0 Å². The summed E-state index contributed by atoms with van der Waals surface area (Å²) in [6.45, 7) is 0. The molecule has 0 bridgehead atoms. The highest BCUT2D eigenvalue weighted by molar-refractivity contribution is 6.07. The molecule has 212 valence electrons. The van der Waals surface area contributed by atoms with Gasteiger partial charge in [0.2, 0.25) is 0 Å². The fourth-order valence-corrected chi connectivity index (χ4v) is 6.21. The largest absolute Gasteiger partial charge is 0.457 e. The Morgan fingerprint density at radius 3 is 1.76 bits per heavy atom. The number of pyridine rings is 1. The lowest BCUT2D eigenvalue weighted by Crippen LogP contribution is -1.87. The first-order chi connectivity index (χ1) is 22.2. The van der Waals surface area contributed by atoms with Gasteiger partial charge in [0.05, 0.1) is 6.20 Å². The number of aromatic nitrogens is 1.